The molecule has 0 spiro atoms. The molecule has 4 heteroatoms. The van der Waals surface area contributed by atoms with Gasteiger partial charge in [-0.1, -0.05) is 35.9 Å². The molecule has 0 saturated carbocycles. The molecule has 3 aliphatic heterocycles. The molecular weight excluding hydrogens is 382 g/mol. The molecule has 0 aromatic heterocycles. The summed E-state index contributed by atoms with van der Waals surface area (Å²) in [6.07, 6.45) is 6.53. The standard InChI is InChI=1S/C27H35N3O/c1-21-12-13-25-23(19-21)24-20-28(15-7-8-17-29-16-6-5-11-27(29)31)18-14-26(24)30(25)22-9-3-2-4-10-22/h2-4,9-10,12-13,19,24,26H,5-8,11,14-18,20H2,1H3. The summed E-state index contributed by atoms with van der Waals surface area (Å²) in [5.74, 6) is 0.943. The van der Waals surface area contributed by atoms with Gasteiger partial charge in [0.05, 0.1) is 0 Å². The zero-order chi connectivity index (χ0) is 21.2. The molecule has 2 aromatic carbocycles. The summed E-state index contributed by atoms with van der Waals surface area (Å²) in [5.41, 5.74) is 5.60. The van der Waals surface area contributed by atoms with Crippen LogP contribution in [0.3, 0.4) is 0 Å². The van der Waals surface area contributed by atoms with Crippen LogP contribution in [0.2, 0.25) is 0 Å². The van der Waals surface area contributed by atoms with Gasteiger partial charge in [-0.05, 0) is 69.3 Å². The SMILES string of the molecule is Cc1ccc2c(c1)C1CN(CCCCN3CCCCC3=O)CCC1N2c1ccccc1. The normalized spacial score (nSPS) is 23.7. The number of likely N-dealkylation sites (tertiary alicyclic amines) is 2. The van der Waals surface area contributed by atoms with Crippen LogP contribution in [-0.2, 0) is 4.79 Å². The minimum Gasteiger partial charge on any atom is -0.343 e. The summed E-state index contributed by atoms with van der Waals surface area (Å²) in [7, 11) is 0. The molecule has 0 radical (unpaired) electrons. The first-order valence-corrected chi connectivity index (χ1v) is 12.2. The summed E-state index contributed by atoms with van der Waals surface area (Å²) in [5, 5.41) is 0. The predicted molar refractivity (Wildman–Crippen MR) is 127 cm³/mol. The van der Waals surface area contributed by atoms with Crippen molar-refractivity contribution in [1.29, 1.82) is 0 Å². The van der Waals surface area contributed by atoms with Crippen molar-refractivity contribution >= 4 is 17.3 Å². The third kappa shape index (κ3) is 4.23. The zero-order valence-corrected chi connectivity index (χ0v) is 18.8. The second-order valence-electron chi connectivity index (χ2n) is 9.58. The molecule has 2 atom stereocenters. The number of aryl methyl sites for hydroxylation is 1. The van der Waals surface area contributed by atoms with Gasteiger partial charge in [0.2, 0.25) is 5.91 Å². The van der Waals surface area contributed by atoms with Crippen molar-refractivity contribution in [2.75, 3.05) is 37.6 Å². The van der Waals surface area contributed by atoms with E-state index in [1.165, 1.54) is 48.3 Å². The molecule has 5 rings (SSSR count). The number of para-hydroxylation sites is 1. The number of unbranched alkanes of at least 4 members (excludes halogenated alkanes) is 1. The number of fused-ring (bicyclic) bond motifs is 3. The lowest BCUT2D eigenvalue weighted by atomic mass is 9.88. The van der Waals surface area contributed by atoms with Gasteiger partial charge in [0.15, 0.2) is 0 Å². The minimum atomic E-state index is 0.367. The van der Waals surface area contributed by atoms with E-state index < -0.39 is 0 Å². The molecule has 31 heavy (non-hydrogen) atoms. The second-order valence-corrected chi connectivity index (χ2v) is 9.58. The van der Waals surface area contributed by atoms with E-state index in [-0.39, 0.29) is 0 Å². The Morgan fingerprint density at radius 1 is 0.968 bits per heavy atom. The van der Waals surface area contributed by atoms with Crippen molar-refractivity contribution in [3.05, 3.63) is 59.7 Å². The maximum atomic E-state index is 12.0. The van der Waals surface area contributed by atoms with Crippen LogP contribution in [0, 0.1) is 6.92 Å². The highest BCUT2D eigenvalue weighted by atomic mass is 16.2. The molecule has 2 aromatic rings. The molecule has 3 heterocycles. The molecule has 0 bridgehead atoms. The molecule has 3 aliphatic rings. The van der Waals surface area contributed by atoms with Gasteiger partial charge in [0.1, 0.15) is 0 Å². The molecule has 2 saturated heterocycles. The van der Waals surface area contributed by atoms with Crippen molar-refractivity contribution in [1.82, 2.24) is 9.80 Å². The number of carbonyl (C=O) groups excluding carboxylic acids is 1. The third-order valence-corrected chi connectivity index (χ3v) is 7.44. The van der Waals surface area contributed by atoms with E-state index in [0.29, 0.717) is 17.9 Å². The molecule has 1 amide bonds. The largest absolute Gasteiger partial charge is 0.343 e. The number of hydrogen-bond acceptors (Lipinski definition) is 3. The molecule has 4 nitrogen and oxygen atoms in total. The van der Waals surface area contributed by atoms with Gasteiger partial charge in [-0.2, -0.15) is 0 Å². The fourth-order valence-corrected chi connectivity index (χ4v) is 5.85. The topological polar surface area (TPSA) is 26.8 Å². The van der Waals surface area contributed by atoms with Crippen LogP contribution in [0.5, 0.6) is 0 Å². The first-order valence-electron chi connectivity index (χ1n) is 12.2. The maximum Gasteiger partial charge on any atom is 0.222 e. The van der Waals surface area contributed by atoms with Gasteiger partial charge >= 0.3 is 0 Å². The lowest BCUT2D eigenvalue weighted by Crippen LogP contribution is -2.45. The van der Waals surface area contributed by atoms with Crippen LogP contribution >= 0.6 is 0 Å². The van der Waals surface area contributed by atoms with Crippen molar-refractivity contribution in [2.45, 2.75) is 57.4 Å². The quantitative estimate of drug-likeness (QED) is 0.612. The number of amides is 1. The van der Waals surface area contributed by atoms with Gasteiger partial charge in [0.25, 0.3) is 0 Å². The van der Waals surface area contributed by atoms with Gasteiger partial charge in [0, 0.05) is 55.9 Å². The Kier molecular flexibility index (Phi) is 5.99. The van der Waals surface area contributed by atoms with E-state index in [4.69, 9.17) is 0 Å². The van der Waals surface area contributed by atoms with Gasteiger partial charge < -0.3 is 14.7 Å². The lowest BCUT2D eigenvalue weighted by molar-refractivity contribution is -0.133. The molecule has 2 unspecified atom stereocenters. The van der Waals surface area contributed by atoms with Gasteiger partial charge in [-0.3, -0.25) is 4.79 Å². The van der Waals surface area contributed by atoms with Crippen LogP contribution in [0.4, 0.5) is 11.4 Å². The number of carbonyl (C=O) groups is 1. The van der Waals surface area contributed by atoms with Gasteiger partial charge in [-0.25, -0.2) is 0 Å². The van der Waals surface area contributed by atoms with E-state index in [9.17, 15) is 4.79 Å². The highest BCUT2D eigenvalue weighted by Crippen LogP contribution is 2.48. The Morgan fingerprint density at radius 3 is 2.65 bits per heavy atom. The highest BCUT2D eigenvalue weighted by molar-refractivity contribution is 5.76. The Morgan fingerprint density at radius 2 is 1.81 bits per heavy atom. The third-order valence-electron chi connectivity index (χ3n) is 7.44. The summed E-state index contributed by atoms with van der Waals surface area (Å²) >= 11 is 0. The monoisotopic (exact) mass is 417 g/mol. The molecule has 164 valence electrons. The maximum absolute atomic E-state index is 12.0. The van der Waals surface area contributed by atoms with Crippen molar-refractivity contribution < 1.29 is 4.79 Å². The van der Waals surface area contributed by atoms with E-state index in [2.05, 4.69) is 70.2 Å². The van der Waals surface area contributed by atoms with Crippen molar-refractivity contribution in [2.24, 2.45) is 0 Å². The Labute approximate surface area is 186 Å². The van der Waals surface area contributed by atoms with Crippen LogP contribution < -0.4 is 4.90 Å². The van der Waals surface area contributed by atoms with E-state index in [0.717, 1.165) is 45.4 Å². The number of nitrogens with zero attached hydrogens (tertiary/aromatic N) is 3. The Balaban J connectivity index is 1.23. The fourth-order valence-electron chi connectivity index (χ4n) is 5.85. The van der Waals surface area contributed by atoms with Gasteiger partial charge in [-0.15, -0.1) is 0 Å². The van der Waals surface area contributed by atoms with Crippen LogP contribution in [0.15, 0.2) is 48.5 Å². The number of anilines is 2. The Hall–Kier alpha value is -2.33. The first kappa shape index (κ1) is 20.6. The molecule has 2 fully saturated rings. The summed E-state index contributed by atoms with van der Waals surface area (Å²) in [6, 6.07) is 18.5. The number of rotatable bonds is 6. The predicted octanol–water partition coefficient (Wildman–Crippen LogP) is 5.10. The van der Waals surface area contributed by atoms with Crippen molar-refractivity contribution in [3.63, 3.8) is 0 Å². The zero-order valence-electron chi connectivity index (χ0n) is 18.8. The molecular formula is C27H35N3O. The second kappa shape index (κ2) is 9.04. The minimum absolute atomic E-state index is 0.367. The van der Waals surface area contributed by atoms with E-state index in [1.54, 1.807) is 0 Å². The van der Waals surface area contributed by atoms with Crippen LogP contribution in [0.25, 0.3) is 0 Å². The van der Waals surface area contributed by atoms with E-state index in [1.807, 2.05) is 0 Å². The molecule has 0 N–H and O–H groups in total. The summed E-state index contributed by atoms with van der Waals surface area (Å²) in [4.78, 5) is 19.4. The average molecular weight is 418 g/mol. The first-order chi connectivity index (χ1) is 15.2. The number of benzene rings is 2. The lowest BCUT2D eigenvalue weighted by Gasteiger charge is -2.39. The fraction of sp³-hybridized carbons (Fsp3) is 0.519. The van der Waals surface area contributed by atoms with Crippen LogP contribution in [0.1, 0.15) is 55.6 Å². The average Bonchev–Trinajstić information content (AvgIpc) is 3.11. The summed E-state index contributed by atoms with van der Waals surface area (Å²) in [6.45, 7) is 7.59. The Bertz CT molecular complexity index is 912. The number of piperidine rings is 2. The summed E-state index contributed by atoms with van der Waals surface area (Å²) < 4.78 is 0. The highest BCUT2D eigenvalue weighted by Gasteiger charge is 2.42. The number of hydrogen-bond donors (Lipinski definition) is 0. The van der Waals surface area contributed by atoms with E-state index >= 15 is 0 Å². The van der Waals surface area contributed by atoms with Crippen LogP contribution in [-0.4, -0.2) is 54.5 Å². The smallest absolute Gasteiger partial charge is 0.222 e. The van der Waals surface area contributed by atoms with Crippen molar-refractivity contribution in [3.8, 4) is 0 Å². The molecule has 0 aliphatic carbocycles.